The van der Waals surface area contributed by atoms with E-state index in [1.165, 1.54) is 17.0 Å². The van der Waals surface area contributed by atoms with Crippen LogP contribution in [-0.2, 0) is 27.2 Å². The summed E-state index contributed by atoms with van der Waals surface area (Å²) in [6.07, 6.45) is -4.03. The summed E-state index contributed by atoms with van der Waals surface area (Å²) in [4.78, 5) is 13.9. The van der Waals surface area contributed by atoms with Crippen molar-refractivity contribution in [1.29, 1.82) is 0 Å². The van der Waals surface area contributed by atoms with Crippen LogP contribution in [-0.4, -0.2) is 42.3 Å². The molecule has 4 nitrogen and oxygen atoms in total. The van der Waals surface area contributed by atoms with E-state index < -0.39 is 31.6 Å². The lowest BCUT2D eigenvalue weighted by Gasteiger charge is -2.24. The van der Waals surface area contributed by atoms with Crippen molar-refractivity contribution in [2.24, 2.45) is 0 Å². The maximum Gasteiger partial charge on any atom is 0.417 e. The molecule has 27 heavy (non-hydrogen) atoms. The summed E-state index contributed by atoms with van der Waals surface area (Å²) < 4.78 is 62.8. The Morgan fingerprint density at radius 2 is 1.89 bits per heavy atom. The Balaban J connectivity index is 2.00. The van der Waals surface area contributed by atoms with Crippen LogP contribution < -0.4 is 0 Å². The fourth-order valence-corrected chi connectivity index (χ4v) is 5.08. The zero-order valence-electron chi connectivity index (χ0n) is 15.4. The van der Waals surface area contributed by atoms with Crippen molar-refractivity contribution < 1.29 is 26.4 Å². The highest BCUT2D eigenvalue weighted by Gasteiger charge is 2.41. The molecule has 1 aromatic carbocycles. The number of likely N-dealkylation sites (tertiary alicyclic amines) is 1. The third kappa shape index (κ3) is 4.96. The lowest BCUT2D eigenvalue weighted by molar-refractivity contribution is -0.137. The predicted octanol–water partition coefficient (Wildman–Crippen LogP) is 4.11. The standard InChI is InChI=1S/C18H23ClF3NO3S/c1-17(2,3)27(25,26)13-8-9-23(11-13)16(24)7-5-12-4-6-15(19)14(10-12)18(20,21)22/h4,6,10,13H,5,7-9,11H2,1-3H3. The second-order valence-corrected chi connectivity index (χ2v) is 11.1. The number of sulfone groups is 1. The third-order valence-electron chi connectivity index (χ3n) is 4.75. The summed E-state index contributed by atoms with van der Waals surface area (Å²) in [5.74, 6) is -0.259. The van der Waals surface area contributed by atoms with Gasteiger partial charge in [-0.1, -0.05) is 17.7 Å². The van der Waals surface area contributed by atoms with Crippen LogP contribution >= 0.6 is 11.6 Å². The monoisotopic (exact) mass is 425 g/mol. The lowest BCUT2D eigenvalue weighted by atomic mass is 10.1. The Morgan fingerprint density at radius 3 is 2.44 bits per heavy atom. The number of nitrogens with zero attached hydrogens (tertiary/aromatic N) is 1. The third-order valence-corrected chi connectivity index (χ3v) is 8.05. The largest absolute Gasteiger partial charge is 0.417 e. The van der Waals surface area contributed by atoms with Crippen molar-refractivity contribution in [1.82, 2.24) is 4.90 Å². The van der Waals surface area contributed by atoms with Crippen LogP contribution in [0.4, 0.5) is 13.2 Å². The number of amides is 1. The van der Waals surface area contributed by atoms with E-state index in [2.05, 4.69) is 0 Å². The predicted molar refractivity (Wildman–Crippen MR) is 98.4 cm³/mol. The molecule has 9 heteroatoms. The first kappa shape index (κ1) is 22.0. The molecule has 0 aromatic heterocycles. The highest BCUT2D eigenvalue weighted by atomic mass is 35.5. The van der Waals surface area contributed by atoms with E-state index in [9.17, 15) is 26.4 Å². The number of carbonyl (C=O) groups is 1. The summed E-state index contributed by atoms with van der Waals surface area (Å²) in [5, 5.41) is -0.985. The number of hydrogen-bond acceptors (Lipinski definition) is 3. The van der Waals surface area contributed by atoms with Gasteiger partial charge in [0, 0.05) is 19.5 Å². The first-order valence-electron chi connectivity index (χ1n) is 8.60. The fraction of sp³-hybridized carbons (Fsp3) is 0.611. The van der Waals surface area contributed by atoms with Gasteiger partial charge in [0.1, 0.15) is 0 Å². The highest BCUT2D eigenvalue weighted by Crippen LogP contribution is 2.35. The van der Waals surface area contributed by atoms with Gasteiger partial charge in [0.25, 0.3) is 0 Å². The quantitative estimate of drug-likeness (QED) is 0.729. The molecule has 1 amide bonds. The average molecular weight is 426 g/mol. The first-order valence-corrected chi connectivity index (χ1v) is 10.5. The van der Waals surface area contributed by atoms with Gasteiger partial charge in [-0.15, -0.1) is 0 Å². The molecule has 1 aliphatic heterocycles. The molecular weight excluding hydrogens is 403 g/mol. The molecule has 2 rings (SSSR count). The number of benzene rings is 1. The smallest absolute Gasteiger partial charge is 0.341 e. The first-order chi connectivity index (χ1) is 12.2. The van der Waals surface area contributed by atoms with Gasteiger partial charge in [-0.3, -0.25) is 4.79 Å². The van der Waals surface area contributed by atoms with E-state index in [0.717, 1.165) is 6.07 Å². The van der Waals surface area contributed by atoms with Crippen molar-refractivity contribution in [3.05, 3.63) is 34.3 Å². The molecule has 1 unspecified atom stereocenters. The van der Waals surface area contributed by atoms with Gasteiger partial charge in [0.15, 0.2) is 9.84 Å². The zero-order valence-corrected chi connectivity index (χ0v) is 17.0. The lowest BCUT2D eigenvalue weighted by Crippen LogP contribution is -2.39. The molecule has 1 saturated heterocycles. The molecule has 0 saturated carbocycles. The minimum Gasteiger partial charge on any atom is -0.341 e. The van der Waals surface area contributed by atoms with Gasteiger partial charge in [-0.2, -0.15) is 13.2 Å². The minimum atomic E-state index is -4.55. The van der Waals surface area contributed by atoms with Gasteiger partial charge >= 0.3 is 6.18 Å². The summed E-state index contributed by atoms with van der Waals surface area (Å²) in [6.45, 7) is 5.36. The summed E-state index contributed by atoms with van der Waals surface area (Å²) in [7, 11) is -3.37. The van der Waals surface area contributed by atoms with Gasteiger partial charge in [-0.25, -0.2) is 8.42 Å². The van der Waals surface area contributed by atoms with E-state index in [4.69, 9.17) is 11.6 Å². The summed E-state index contributed by atoms with van der Waals surface area (Å²) in [5.41, 5.74) is -0.565. The molecule has 0 N–H and O–H groups in total. The molecule has 1 fully saturated rings. The molecule has 1 heterocycles. The number of aryl methyl sites for hydroxylation is 1. The molecule has 0 aliphatic carbocycles. The SMILES string of the molecule is CC(C)(C)S(=O)(=O)C1CCN(C(=O)CCc2ccc(Cl)c(C(F)(F)F)c2)C1. The highest BCUT2D eigenvalue weighted by molar-refractivity contribution is 7.93. The topological polar surface area (TPSA) is 54.5 Å². The van der Waals surface area contributed by atoms with Crippen LogP contribution in [0, 0.1) is 0 Å². The Morgan fingerprint density at radius 1 is 1.26 bits per heavy atom. The molecule has 1 aliphatic rings. The maximum atomic E-state index is 12.9. The van der Waals surface area contributed by atoms with Crippen molar-refractivity contribution >= 4 is 27.3 Å². The fourth-order valence-electron chi connectivity index (χ4n) is 3.06. The van der Waals surface area contributed by atoms with E-state index in [1.54, 1.807) is 20.8 Å². The molecule has 0 bridgehead atoms. The van der Waals surface area contributed by atoms with Crippen molar-refractivity contribution in [3.63, 3.8) is 0 Å². The van der Waals surface area contributed by atoms with Gasteiger partial charge in [0.2, 0.25) is 5.91 Å². The van der Waals surface area contributed by atoms with Crippen LogP contribution in [0.2, 0.25) is 5.02 Å². The van der Waals surface area contributed by atoms with Crippen LogP contribution in [0.5, 0.6) is 0 Å². The molecule has 0 radical (unpaired) electrons. The molecule has 1 aromatic rings. The van der Waals surface area contributed by atoms with Crippen LogP contribution in [0.1, 0.15) is 44.7 Å². The Hall–Kier alpha value is -1.28. The molecule has 0 spiro atoms. The maximum absolute atomic E-state index is 12.9. The minimum absolute atomic E-state index is 0.0151. The van der Waals surface area contributed by atoms with E-state index in [-0.39, 0.29) is 30.3 Å². The number of rotatable bonds is 4. The summed E-state index contributed by atoms with van der Waals surface area (Å²) >= 11 is 5.59. The number of alkyl halides is 3. The van der Waals surface area contributed by atoms with Crippen LogP contribution in [0.3, 0.4) is 0 Å². The van der Waals surface area contributed by atoms with Gasteiger partial charge in [-0.05, 0) is 51.3 Å². The molecule has 1 atom stereocenters. The zero-order chi connectivity index (χ0) is 20.6. The molecule has 152 valence electrons. The Labute approximate surface area is 162 Å². The number of hydrogen-bond donors (Lipinski definition) is 0. The van der Waals surface area contributed by atoms with E-state index in [0.29, 0.717) is 18.5 Å². The van der Waals surface area contributed by atoms with Crippen molar-refractivity contribution in [3.8, 4) is 0 Å². The van der Waals surface area contributed by atoms with Crippen LogP contribution in [0.25, 0.3) is 0 Å². The average Bonchev–Trinajstić information content (AvgIpc) is 3.02. The number of halogens is 4. The summed E-state index contributed by atoms with van der Waals surface area (Å²) in [6, 6.07) is 3.58. The molecular formula is C18H23ClF3NO3S. The van der Waals surface area contributed by atoms with E-state index in [1.807, 2.05) is 0 Å². The number of carbonyl (C=O) groups excluding carboxylic acids is 1. The van der Waals surface area contributed by atoms with Crippen molar-refractivity contribution in [2.75, 3.05) is 13.1 Å². The van der Waals surface area contributed by atoms with Crippen molar-refractivity contribution in [2.45, 2.75) is 56.2 Å². The van der Waals surface area contributed by atoms with Gasteiger partial charge in [0.05, 0.1) is 20.6 Å². The normalized spacial score (nSPS) is 18.8. The Kier molecular flexibility index (Phi) is 6.21. The van der Waals surface area contributed by atoms with E-state index >= 15 is 0 Å². The van der Waals surface area contributed by atoms with Crippen LogP contribution in [0.15, 0.2) is 18.2 Å². The second kappa shape index (κ2) is 7.62. The second-order valence-electron chi connectivity index (χ2n) is 7.72. The Bertz CT molecular complexity index is 816. The van der Waals surface area contributed by atoms with Gasteiger partial charge < -0.3 is 4.90 Å².